The van der Waals surface area contributed by atoms with Gasteiger partial charge in [0.05, 0.1) is 17.8 Å². The number of halogens is 1. The van der Waals surface area contributed by atoms with E-state index in [4.69, 9.17) is 5.11 Å². The van der Waals surface area contributed by atoms with Gasteiger partial charge < -0.3 is 26.5 Å². The normalized spacial score (nSPS) is 18.1. The van der Waals surface area contributed by atoms with E-state index in [0.717, 1.165) is 43.5 Å². The van der Waals surface area contributed by atoms with Crippen LogP contribution in [0.25, 0.3) is 5.69 Å². The molecule has 210 valence electrons. The molecule has 1 aromatic carbocycles. The molecule has 7 nitrogen and oxygen atoms in total. The molecular formula is C29H43FN4O3S. The van der Waals surface area contributed by atoms with Gasteiger partial charge in [-0.15, -0.1) is 11.8 Å². The number of nitrogens with zero attached hydrogens (tertiary/aromatic N) is 1. The maximum atomic E-state index is 15.2. The highest BCUT2D eigenvalue weighted by molar-refractivity contribution is 7.99. The number of aromatic nitrogens is 1. The van der Waals surface area contributed by atoms with Crippen LogP contribution in [0.1, 0.15) is 86.1 Å². The lowest BCUT2D eigenvalue weighted by Gasteiger charge is -2.31. The summed E-state index contributed by atoms with van der Waals surface area (Å²) in [5, 5.41) is 11.1. The minimum absolute atomic E-state index is 0.166. The Kier molecular flexibility index (Phi) is 10.8. The predicted molar refractivity (Wildman–Crippen MR) is 153 cm³/mol. The zero-order valence-corrected chi connectivity index (χ0v) is 23.8. The van der Waals surface area contributed by atoms with Crippen molar-refractivity contribution in [1.82, 2.24) is 4.57 Å². The first-order valence-corrected chi connectivity index (χ1v) is 14.7. The molecular weight excluding hydrogens is 503 g/mol. The van der Waals surface area contributed by atoms with Crippen LogP contribution < -0.4 is 16.8 Å². The van der Waals surface area contributed by atoms with Gasteiger partial charge in [-0.1, -0.05) is 33.1 Å². The van der Waals surface area contributed by atoms with E-state index in [2.05, 4.69) is 35.2 Å². The Morgan fingerprint density at radius 1 is 1.16 bits per heavy atom. The van der Waals surface area contributed by atoms with Gasteiger partial charge in [-0.05, 0) is 75.1 Å². The lowest BCUT2D eigenvalue weighted by atomic mass is 9.89. The van der Waals surface area contributed by atoms with E-state index in [1.54, 1.807) is 6.07 Å². The zero-order valence-electron chi connectivity index (χ0n) is 22.9. The van der Waals surface area contributed by atoms with Gasteiger partial charge in [0.2, 0.25) is 0 Å². The fourth-order valence-electron chi connectivity index (χ4n) is 5.67. The first-order chi connectivity index (χ1) is 18.2. The zero-order chi connectivity index (χ0) is 27.9. The maximum Gasteiger partial charge on any atom is 0.317 e. The van der Waals surface area contributed by atoms with Crippen molar-refractivity contribution in [3.05, 3.63) is 40.5 Å². The summed E-state index contributed by atoms with van der Waals surface area (Å²) in [5.41, 5.74) is 15.2. The molecule has 0 amide bonds. The van der Waals surface area contributed by atoms with Crippen LogP contribution >= 0.6 is 11.8 Å². The molecule has 2 aromatic rings. The van der Waals surface area contributed by atoms with Gasteiger partial charge in [0, 0.05) is 33.8 Å². The Hall–Kier alpha value is -2.36. The molecule has 1 aromatic heterocycles. The standard InChI is InChI=1S/C26H33FN2OS.C2H5NO2.CH5N/c1-26(2)14-24-25(31-16-26)19-10-6-7-11-23(19)29(24)18-12-21(27)20(15-30)22(13-18)28-17-8-4-3-5-9-17;3-1-2(4)5;1-2/h12-13,15,17,28H,3-11,14,16H2,1-2H3;1,3H2,(H,4,5);2H2,1H3. The minimum atomic E-state index is -0.968. The van der Waals surface area contributed by atoms with Gasteiger partial charge in [0.1, 0.15) is 5.82 Å². The number of benzene rings is 1. The molecule has 2 heterocycles. The highest BCUT2D eigenvalue weighted by atomic mass is 32.2. The average Bonchev–Trinajstić information content (AvgIpc) is 3.23. The van der Waals surface area contributed by atoms with Gasteiger partial charge in [-0.25, -0.2) is 4.39 Å². The van der Waals surface area contributed by atoms with Crippen molar-refractivity contribution in [2.45, 2.75) is 89.0 Å². The molecule has 1 saturated carbocycles. The molecule has 0 saturated heterocycles. The number of aliphatic carboxylic acids is 1. The molecule has 5 rings (SSSR count). The Balaban J connectivity index is 0.000000515. The molecule has 0 radical (unpaired) electrons. The smallest absolute Gasteiger partial charge is 0.317 e. The van der Waals surface area contributed by atoms with Gasteiger partial charge in [-0.3, -0.25) is 9.59 Å². The van der Waals surface area contributed by atoms with Gasteiger partial charge >= 0.3 is 5.97 Å². The van der Waals surface area contributed by atoms with E-state index in [9.17, 15) is 9.59 Å². The predicted octanol–water partition coefficient (Wildman–Crippen LogP) is 5.33. The maximum absolute atomic E-state index is 15.2. The number of hydrogen-bond donors (Lipinski definition) is 4. The molecule has 38 heavy (non-hydrogen) atoms. The van der Waals surface area contributed by atoms with Crippen LogP contribution in [0.4, 0.5) is 10.1 Å². The highest BCUT2D eigenvalue weighted by Gasteiger charge is 2.34. The Morgan fingerprint density at radius 2 is 1.82 bits per heavy atom. The van der Waals surface area contributed by atoms with E-state index in [0.29, 0.717) is 18.0 Å². The molecule has 0 spiro atoms. The number of carbonyl (C=O) groups excluding carboxylic acids is 1. The quantitative estimate of drug-likeness (QED) is 0.374. The number of nitrogens with one attached hydrogen (secondary N) is 1. The number of thioether (sulfide) groups is 1. The molecule has 2 aliphatic carbocycles. The van der Waals surface area contributed by atoms with Gasteiger partial charge in [0.25, 0.3) is 0 Å². The monoisotopic (exact) mass is 546 g/mol. The van der Waals surface area contributed by atoms with Crippen LogP contribution in [0.5, 0.6) is 0 Å². The van der Waals surface area contributed by atoms with Crippen molar-refractivity contribution in [1.29, 1.82) is 0 Å². The molecule has 1 fully saturated rings. The number of carboxylic acids is 1. The summed E-state index contributed by atoms with van der Waals surface area (Å²) in [5.74, 6) is -0.255. The lowest BCUT2D eigenvalue weighted by Crippen LogP contribution is -2.25. The van der Waals surface area contributed by atoms with Crippen molar-refractivity contribution in [2.75, 3.05) is 24.7 Å². The average molecular weight is 547 g/mol. The fraction of sp³-hybridized carbons (Fsp3) is 0.586. The van der Waals surface area contributed by atoms with Crippen LogP contribution in [-0.4, -0.2) is 47.3 Å². The number of nitrogens with two attached hydrogens (primary N) is 2. The molecule has 0 atom stereocenters. The Morgan fingerprint density at radius 3 is 2.45 bits per heavy atom. The molecule has 3 aliphatic rings. The summed E-state index contributed by atoms with van der Waals surface area (Å²) >= 11 is 1.98. The van der Waals surface area contributed by atoms with E-state index in [-0.39, 0.29) is 17.5 Å². The summed E-state index contributed by atoms with van der Waals surface area (Å²) in [6, 6.07) is 3.93. The van der Waals surface area contributed by atoms with Crippen molar-refractivity contribution in [3.8, 4) is 5.69 Å². The Labute approximate surface area is 229 Å². The van der Waals surface area contributed by atoms with Gasteiger partial charge in [0.15, 0.2) is 6.29 Å². The molecule has 1 aliphatic heterocycles. The van der Waals surface area contributed by atoms with Crippen LogP contribution in [0.15, 0.2) is 17.0 Å². The molecule has 0 unspecified atom stereocenters. The molecule has 6 N–H and O–H groups in total. The number of hydrogen-bond acceptors (Lipinski definition) is 6. The second-order valence-corrected chi connectivity index (χ2v) is 11.9. The Bertz CT molecular complexity index is 1130. The first kappa shape index (κ1) is 30.2. The van der Waals surface area contributed by atoms with Crippen molar-refractivity contribution in [3.63, 3.8) is 0 Å². The van der Waals surface area contributed by atoms with E-state index in [1.165, 1.54) is 61.0 Å². The molecule has 9 heteroatoms. The number of carboxylic acid groups (broad SMARTS) is 1. The third-order valence-electron chi connectivity index (χ3n) is 7.40. The molecule has 0 bridgehead atoms. The summed E-state index contributed by atoms with van der Waals surface area (Å²) in [6.45, 7) is 4.37. The number of fused-ring (bicyclic) bond motifs is 3. The first-order valence-electron chi connectivity index (χ1n) is 13.7. The van der Waals surface area contributed by atoms with Crippen molar-refractivity contribution in [2.24, 2.45) is 16.9 Å². The lowest BCUT2D eigenvalue weighted by molar-refractivity contribution is -0.135. The highest BCUT2D eigenvalue weighted by Crippen LogP contribution is 2.47. The van der Waals surface area contributed by atoms with Gasteiger partial charge in [-0.2, -0.15) is 0 Å². The number of anilines is 1. The SMILES string of the molecule is CC1(C)CSc2c3c(n(-c4cc(F)c(C=O)c(NC5CCCCC5)c4)c2C1)CCCC3.CN.NCC(=O)O. The van der Waals surface area contributed by atoms with Crippen molar-refractivity contribution >= 4 is 29.7 Å². The second-order valence-electron chi connectivity index (χ2n) is 11.0. The number of carbonyl (C=O) groups is 2. The van der Waals surface area contributed by atoms with Crippen LogP contribution in [0, 0.1) is 11.2 Å². The second kappa shape index (κ2) is 13.6. The minimum Gasteiger partial charge on any atom is -0.480 e. The summed E-state index contributed by atoms with van der Waals surface area (Å²) in [7, 11) is 1.50. The summed E-state index contributed by atoms with van der Waals surface area (Å²) < 4.78 is 17.5. The van der Waals surface area contributed by atoms with E-state index < -0.39 is 11.8 Å². The van der Waals surface area contributed by atoms with Crippen LogP contribution in [0.3, 0.4) is 0 Å². The van der Waals surface area contributed by atoms with Crippen LogP contribution in [-0.2, 0) is 24.1 Å². The van der Waals surface area contributed by atoms with Crippen molar-refractivity contribution < 1.29 is 19.1 Å². The summed E-state index contributed by atoms with van der Waals surface area (Å²) in [6.07, 6.45) is 12.1. The third kappa shape index (κ3) is 6.98. The topological polar surface area (TPSA) is 123 Å². The summed E-state index contributed by atoms with van der Waals surface area (Å²) in [4.78, 5) is 22.4. The van der Waals surface area contributed by atoms with Crippen LogP contribution in [0.2, 0.25) is 0 Å². The van der Waals surface area contributed by atoms with E-state index >= 15 is 4.39 Å². The number of rotatable bonds is 5. The van der Waals surface area contributed by atoms with E-state index in [1.807, 2.05) is 17.8 Å². The third-order valence-corrected chi connectivity index (χ3v) is 9.09. The fourth-order valence-corrected chi connectivity index (χ4v) is 7.03. The number of aldehydes is 1. The largest absolute Gasteiger partial charge is 0.480 e.